The molecular weight excluding hydrogens is 344 g/mol. The number of likely N-dealkylation sites (N-methyl/N-ethyl adjacent to an activating group) is 1. The van der Waals surface area contributed by atoms with Crippen LogP contribution >= 0.6 is 11.6 Å². The van der Waals surface area contributed by atoms with E-state index in [9.17, 15) is 9.59 Å². The van der Waals surface area contributed by atoms with E-state index in [0.29, 0.717) is 12.4 Å². The molecule has 1 amide bonds. The molecule has 132 valence electrons. The highest BCUT2D eigenvalue weighted by molar-refractivity contribution is 6.29. The van der Waals surface area contributed by atoms with Gasteiger partial charge in [0.05, 0.1) is 0 Å². The van der Waals surface area contributed by atoms with E-state index in [2.05, 4.69) is 15.5 Å². The standard InChI is InChI=1S/C17H19ClN4O3/c1-12-3-5-13(6-4-12)9-19-16(23)11-25-17(24)10-22(2)15-8-7-14(18)20-21-15/h3-8H,9-11H2,1-2H3,(H,19,23). The van der Waals surface area contributed by atoms with E-state index in [1.54, 1.807) is 24.1 Å². The van der Waals surface area contributed by atoms with Crippen LogP contribution in [-0.4, -0.2) is 42.3 Å². The number of nitrogens with one attached hydrogen (secondary N) is 1. The molecule has 1 aromatic heterocycles. The molecule has 1 heterocycles. The number of benzene rings is 1. The van der Waals surface area contributed by atoms with Gasteiger partial charge in [0.1, 0.15) is 6.54 Å². The first-order valence-electron chi connectivity index (χ1n) is 7.62. The molecule has 7 nitrogen and oxygen atoms in total. The second-order valence-electron chi connectivity index (χ2n) is 5.49. The van der Waals surface area contributed by atoms with Gasteiger partial charge in [-0.2, -0.15) is 0 Å². The lowest BCUT2D eigenvalue weighted by Gasteiger charge is -2.16. The summed E-state index contributed by atoms with van der Waals surface area (Å²) in [6.45, 7) is 2.00. The van der Waals surface area contributed by atoms with Crippen molar-refractivity contribution < 1.29 is 14.3 Å². The number of esters is 1. The summed E-state index contributed by atoms with van der Waals surface area (Å²) in [5.74, 6) is -0.419. The van der Waals surface area contributed by atoms with Crippen molar-refractivity contribution in [3.63, 3.8) is 0 Å². The predicted octanol–water partition coefficient (Wildman–Crippen LogP) is 1.73. The molecule has 0 fully saturated rings. The van der Waals surface area contributed by atoms with E-state index < -0.39 is 5.97 Å². The average molecular weight is 363 g/mol. The molecule has 0 aliphatic rings. The van der Waals surface area contributed by atoms with Gasteiger partial charge in [-0.05, 0) is 24.6 Å². The van der Waals surface area contributed by atoms with Gasteiger partial charge in [0.2, 0.25) is 0 Å². The number of aromatic nitrogens is 2. The maximum absolute atomic E-state index is 11.8. The lowest BCUT2D eigenvalue weighted by molar-refractivity contribution is -0.147. The Morgan fingerprint density at radius 1 is 1.16 bits per heavy atom. The number of rotatable bonds is 7. The minimum absolute atomic E-state index is 0.0540. The highest BCUT2D eigenvalue weighted by Crippen LogP contribution is 2.09. The first kappa shape index (κ1) is 18.7. The van der Waals surface area contributed by atoms with Crippen LogP contribution in [0.3, 0.4) is 0 Å². The Morgan fingerprint density at radius 2 is 1.88 bits per heavy atom. The zero-order valence-electron chi connectivity index (χ0n) is 14.0. The second kappa shape index (κ2) is 8.98. The molecule has 8 heteroatoms. The number of ether oxygens (including phenoxy) is 1. The molecule has 0 saturated carbocycles. The number of nitrogens with zero attached hydrogens (tertiary/aromatic N) is 3. The van der Waals surface area contributed by atoms with E-state index in [-0.39, 0.29) is 24.2 Å². The van der Waals surface area contributed by atoms with Crippen LogP contribution in [0.4, 0.5) is 5.82 Å². The Balaban J connectivity index is 1.70. The van der Waals surface area contributed by atoms with Gasteiger partial charge in [-0.3, -0.25) is 9.59 Å². The van der Waals surface area contributed by atoms with E-state index in [0.717, 1.165) is 11.1 Å². The number of amides is 1. The fraction of sp³-hybridized carbons (Fsp3) is 0.294. The van der Waals surface area contributed by atoms with Gasteiger partial charge in [-0.15, -0.1) is 10.2 Å². The Kier molecular flexibility index (Phi) is 6.71. The lowest BCUT2D eigenvalue weighted by Crippen LogP contribution is -2.32. The van der Waals surface area contributed by atoms with Crippen LogP contribution in [0.25, 0.3) is 0 Å². The average Bonchev–Trinajstić information content (AvgIpc) is 2.60. The Morgan fingerprint density at radius 3 is 2.52 bits per heavy atom. The predicted molar refractivity (Wildman–Crippen MR) is 94.3 cm³/mol. The van der Waals surface area contributed by atoms with Crippen LogP contribution in [0, 0.1) is 6.92 Å². The molecule has 2 aromatic rings. The first-order chi connectivity index (χ1) is 11.9. The van der Waals surface area contributed by atoms with Gasteiger partial charge in [0.15, 0.2) is 17.6 Å². The number of hydrogen-bond donors (Lipinski definition) is 1. The van der Waals surface area contributed by atoms with Crippen molar-refractivity contribution in [1.82, 2.24) is 15.5 Å². The zero-order chi connectivity index (χ0) is 18.2. The summed E-state index contributed by atoms with van der Waals surface area (Å²) in [5, 5.41) is 10.5. The summed E-state index contributed by atoms with van der Waals surface area (Å²) < 4.78 is 4.96. The molecule has 2 rings (SSSR count). The molecule has 0 aliphatic carbocycles. The van der Waals surface area contributed by atoms with Crippen molar-refractivity contribution in [2.45, 2.75) is 13.5 Å². The molecule has 0 spiro atoms. The zero-order valence-corrected chi connectivity index (χ0v) is 14.8. The molecule has 1 aromatic carbocycles. The largest absolute Gasteiger partial charge is 0.454 e. The molecule has 0 atom stereocenters. The minimum atomic E-state index is -0.537. The van der Waals surface area contributed by atoms with Crippen molar-refractivity contribution in [3.8, 4) is 0 Å². The summed E-state index contributed by atoms with van der Waals surface area (Å²) in [5.41, 5.74) is 2.13. The van der Waals surface area contributed by atoms with Crippen LogP contribution < -0.4 is 10.2 Å². The molecule has 0 bridgehead atoms. The summed E-state index contributed by atoms with van der Waals surface area (Å²) in [6.07, 6.45) is 0. The van der Waals surface area contributed by atoms with Crippen molar-refractivity contribution in [1.29, 1.82) is 0 Å². The summed E-state index contributed by atoms with van der Waals surface area (Å²) in [7, 11) is 1.66. The number of anilines is 1. The van der Waals surface area contributed by atoms with Gasteiger partial charge in [-0.25, -0.2) is 0 Å². The van der Waals surface area contributed by atoms with E-state index in [4.69, 9.17) is 16.3 Å². The molecular formula is C17H19ClN4O3. The van der Waals surface area contributed by atoms with Crippen LogP contribution in [0.15, 0.2) is 36.4 Å². The molecule has 25 heavy (non-hydrogen) atoms. The lowest BCUT2D eigenvalue weighted by atomic mass is 10.1. The Bertz CT molecular complexity index is 720. The quantitative estimate of drug-likeness (QED) is 0.755. The van der Waals surface area contributed by atoms with E-state index >= 15 is 0 Å². The molecule has 0 unspecified atom stereocenters. The highest BCUT2D eigenvalue weighted by Gasteiger charge is 2.12. The number of hydrogen-bond acceptors (Lipinski definition) is 6. The third-order valence-electron chi connectivity index (χ3n) is 3.35. The van der Waals surface area contributed by atoms with Gasteiger partial charge >= 0.3 is 5.97 Å². The van der Waals surface area contributed by atoms with Crippen LogP contribution in [0.2, 0.25) is 5.15 Å². The van der Waals surface area contributed by atoms with Crippen molar-refractivity contribution in [2.75, 3.05) is 25.1 Å². The van der Waals surface area contributed by atoms with Gasteiger partial charge in [0.25, 0.3) is 5.91 Å². The molecule has 0 saturated heterocycles. The van der Waals surface area contributed by atoms with Crippen molar-refractivity contribution in [3.05, 3.63) is 52.7 Å². The SMILES string of the molecule is Cc1ccc(CNC(=O)COC(=O)CN(C)c2ccc(Cl)nn2)cc1. The monoisotopic (exact) mass is 362 g/mol. The Labute approximate surface area is 151 Å². The maximum atomic E-state index is 11.8. The third-order valence-corrected chi connectivity index (χ3v) is 3.55. The van der Waals surface area contributed by atoms with Crippen LogP contribution in [0.5, 0.6) is 0 Å². The maximum Gasteiger partial charge on any atom is 0.326 e. The van der Waals surface area contributed by atoms with Gasteiger partial charge in [0, 0.05) is 13.6 Å². The van der Waals surface area contributed by atoms with E-state index in [1.165, 1.54) is 0 Å². The molecule has 1 N–H and O–H groups in total. The highest BCUT2D eigenvalue weighted by atomic mass is 35.5. The van der Waals surface area contributed by atoms with Gasteiger partial charge in [-0.1, -0.05) is 41.4 Å². The van der Waals surface area contributed by atoms with E-state index in [1.807, 2.05) is 31.2 Å². The minimum Gasteiger partial charge on any atom is -0.454 e. The Hall–Kier alpha value is -2.67. The smallest absolute Gasteiger partial charge is 0.326 e. The number of carbonyl (C=O) groups is 2. The van der Waals surface area contributed by atoms with Crippen LogP contribution in [0.1, 0.15) is 11.1 Å². The van der Waals surface area contributed by atoms with Gasteiger partial charge < -0.3 is 15.0 Å². The third kappa shape index (κ3) is 6.39. The van der Waals surface area contributed by atoms with Crippen molar-refractivity contribution in [2.24, 2.45) is 0 Å². The number of carbonyl (C=O) groups excluding carboxylic acids is 2. The topological polar surface area (TPSA) is 84.4 Å². The second-order valence-corrected chi connectivity index (χ2v) is 5.88. The summed E-state index contributed by atoms with van der Waals surface area (Å²) in [4.78, 5) is 25.1. The number of halogens is 1. The van der Waals surface area contributed by atoms with Crippen LogP contribution in [-0.2, 0) is 20.9 Å². The normalized spacial score (nSPS) is 10.2. The molecule has 0 radical (unpaired) electrons. The fourth-order valence-electron chi connectivity index (χ4n) is 1.94. The molecule has 0 aliphatic heterocycles. The summed E-state index contributed by atoms with van der Waals surface area (Å²) >= 11 is 5.66. The van der Waals surface area contributed by atoms with Crippen molar-refractivity contribution >= 4 is 29.3 Å². The first-order valence-corrected chi connectivity index (χ1v) is 8.00. The summed E-state index contributed by atoms with van der Waals surface area (Å²) in [6, 6.07) is 11.0. The fourth-order valence-corrected chi connectivity index (χ4v) is 2.04. The number of aryl methyl sites for hydroxylation is 1.